The largest absolute Gasteiger partial charge is 0.496 e. The van der Waals surface area contributed by atoms with Crippen LogP contribution in [0.3, 0.4) is 0 Å². The van der Waals surface area contributed by atoms with Gasteiger partial charge in [-0.1, -0.05) is 12.1 Å². The van der Waals surface area contributed by atoms with Crippen molar-refractivity contribution in [2.45, 2.75) is 19.3 Å². The van der Waals surface area contributed by atoms with Crippen LogP contribution in [-0.2, 0) is 0 Å². The first kappa shape index (κ1) is 16.9. The van der Waals surface area contributed by atoms with Gasteiger partial charge in [0.15, 0.2) is 0 Å². The zero-order chi connectivity index (χ0) is 17.9. The van der Waals surface area contributed by atoms with Gasteiger partial charge < -0.3 is 19.4 Å². The molecule has 138 valence electrons. The van der Waals surface area contributed by atoms with Gasteiger partial charge in [-0.2, -0.15) is 0 Å². The summed E-state index contributed by atoms with van der Waals surface area (Å²) >= 11 is 0. The van der Waals surface area contributed by atoms with Gasteiger partial charge in [0.1, 0.15) is 11.6 Å². The fraction of sp³-hybridized carbons (Fsp3) is 0.500. The molecule has 2 aromatic rings. The zero-order valence-electron chi connectivity index (χ0n) is 15.4. The van der Waals surface area contributed by atoms with Crippen molar-refractivity contribution in [2.24, 2.45) is 0 Å². The van der Waals surface area contributed by atoms with Gasteiger partial charge in [0, 0.05) is 56.2 Å². The lowest BCUT2D eigenvalue weighted by atomic mass is 10.1. The number of carbonyl (C=O) groups is 1. The number of carbonyl (C=O) groups excluding carboxylic acids is 1. The number of likely N-dealkylation sites (tertiary alicyclic amines) is 1. The van der Waals surface area contributed by atoms with E-state index in [9.17, 15) is 4.79 Å². The highest BCUT2D eigenvalue weighted by Crippen LogP contribution is 2.31. The summed E-state index contributed by atoms with van der Waals surface area (Å²) in [7, 11) is 1.69. The molecule has 6 nitrogen and oxygen atoms in total. The summed E-state index contributed by atoms with van der Waals surface area (Å²) in [4.78, 5) is 23.6. The zero-order valence-corrected chi connectivity index (χ0v) is 15.4. The second kappa shape index (κ2) is 7.40. The second-order valence-corrected chi connectivity index (χ2v) is 6.99. The molecule has 0 bridgehead atoms. The first-order valence-electron chi connectivity index (χ1n) is 9.48. The molecule has 6 heteroatoms. The lowest BCUT2D eigenvalue weighted by Gasteiger charge is -2.39. The number of fused-ring (bicyclic) bond motifs is 1. The third kappa shape index (κ3) is 3.16. The Hall–Kier alpha value is -2.50. The molecule has 2 amide bonds. The normalized spacial score (nSPS) is 18.3. The molecule has 0 spiro atoms. The topological polar surface area (TPSA) is 48.9 Å². The number of ether oxygens (including phenoxy) is 1. The number of nitrogens with zero attached hydrogens (tertiary/aromatic N) is 4. The lowest BCUT2D eigenvalue weighted by Crippen LogP contribution is -2.53. The number of anilines is 1. The van der Waals surface area contributed by atoms with E-state index in [0.717, 1.165) is 74.5 Å². The van der Waals surface area contributed by atoms with E-state index in [1.807, 2.05) is 34.2 Å². The number of piperidine rings is 1. The predicted molar refractivity (Wildman–Crippen MR) is 103 cm³/mol. The summed E-state index contributed by atoms with van der Waals surface area (Å²) < 4.78 is 5.48. The van der Waals surface area contributed by atoms with Crippen LogP contribution in [0.4, 0.5) is 10.6 Å². The van der Waals surface area contributed by atoms with E-state index >= 15 is 0 Å². The SMILES string of the molecule is COc1cccc2c(N3CCN(C(=O)N4CCCCC4)CC3)nccc12. The minimum Gasteiger partial charge on any atom is -0.496 e. The van der Waals surface area contributed by atoms with Gasteiger partial charge in [0.25, 0.3) is 0 Å². The van der Waals surface area contributed by atoms with Crippen LogP contribution in [0, 0.1) is 0 Å². The van der Waals surface area contributed by atoms with Crippen LogP contribution >= 0.6 is 0 Å². The summed E-state index contributed by atoms with van der Waals surface area (Å²) in [5, 5.41) is 2.18. The van der Waals surface area contributed by atoms with Gasteiger partial charge in [-0.25, -0.2) is 9.78 Å². The summed E-state index contributed by atoms with van der Waals surface area (Å²) in [5.74, 6) is 1.84. The van der Waals surface area contributed by atoms with Crippen molar-refractivity contribution in [3.63, 3.8) is 0 Å². The quantitative estimate of drug-likeness (QED) is 0.832. The molecule has 2 fully saturated rings. The first-order valence-corrected chi connectivity index (χ1v) is 9.48. The maximum Gasteiger partial charge on any atom is 0.320 e. The van der Waals surface area contributed by atoms with Crippen LogP contribution < -0.4 is 9.64 Å². The van der Waals surface area contributed by atoms with E-state index < -0.39 is 0 Å². The smallest absolute Gasteiger partial charge is 0.320 e. The number of benzene rings is 1. The molecule has 0 saturated carbocycles. The van der Waals surface area contributed by atoms with Crippen molar-refractivity contribution in [3.05, 3.63) is 30.5 Å². The Kier molecular flexibility index (Phi) is 4.82. The fourth-order valence-corrected chi connectivity index (χ4v) is 3.99. The Bertz CT molecular complexity index is 780. The van der Waals surface area contributed by atoms with E-state index in [2.05, 4.69) is 16.0 Å². The maximum atomic E-state index is 12.7. The molecular weight excluding hydrogens is 328 g/mol. The summed E-state index contributed by atoms with van der Waals surface area (Å²) in [6.45, 7) is 4.92. The highest BCUT2D eigenvalue weighted by molar-refractivity contribution is 5.96. The second-order valence-electron chi connectivity index (χ2n) is 6.99. The number of rotatable bonds is 2. The number of aromatic nitrogens is 1. The van der Waals surface area contributed by atoms with Gasteiger partial charge in [0.05, 0.1) is 7.11 Å². The van der Waals surface area contributed by atoms with Crippen molar-refractivity contribution >= 4 is 22.6 Å². The van der Waals surface area contributed by atoms with E-state index in [1.54, 1.807) is 7.11 Å². The Morgan fingerprint density at radius 1 is 0.923 bits per heavy atom. The van der Waals surface area contributed by atoms with E-state index in [-0.39, 0.29) is 6.03 Å². The van der Waals surface area contributed by atoms with Crippen molar-refractivity contribution in [2.75, 3.05) is 51.3 Å². The van der Waals surface area contributed by atoms with E-state index in [4.69, 9.17) is 4.74 Å². The Labute approximate surface area is 154 Å². The molecule has 0 unspecified atom stereocenters. The standard InChI is InChI=1S/C20H26N4O2/c1-26-18-7-5-6-17-16(18)8-9-21-19(17)22-12-14-24(15-13-22)20(25)23-10-3-2-4-11-23/h5-9H,2-4,10-15H2,1H3. The highest BCUT2D eigenvalue weighted by atomic mass is 16.5. The monoisotopic (exact) mass is 354 g/mol. The molecule has 4 rings (SSSR count). The molecule has 0 atom stereocenters. The van der Waals surface area contributed by atoms with E-state index in [0.29, 0.717) is 0 Å². The molecular formula is C20H26N4O2. The third-order valence-electron chi connectivity index (χ3n) is 5.44. The average Bonchev–Trinajstić information content (AvgIpc) is 2.73. The molecule has 2 aliphatic rings. The molecule has 2 saturated heterocycles. The molecule has 0 N–H and O–H groups in total. The molecule has 1 aromatic heterocycles. The minimum absolute atomic E-state index is 0.205. The average molecular weight is 354 g/mol. The molecule has 0 radical (unpaired) electrons. The van der Waals surface area contributed by atoms with Gasteiger partial charge in [0.2, 0.25) is 0 Å². The number of amides is 2. The molecule has 1 aromatic carbocycles. The maximum absolute atomic E-state index is 12.7. The van der Waals surface area contributed by atoms with Crippen LogP contribution in [0.1, 0.15) is 19.3 Å². The number of methoxy groups -OCH3 is 1. The first-order chi connectivity index (χ1) is 12.8. The van der Waals surface area contributed by atoms with Crippen LogP contribution in [-0.4, -0.2) is 67.2 Å². The number of hydrogen-bond donors (Lipinski definition) is 0. The van der Waals surface area contributed by atoms with Crippen molar-refractivity contribution in [1.29, 1.82) is 0 Å². The van der Waals surface area contributed by atoms with Gasteiger partial charge in [-0.15, -0.1) is 0 Å². The Morgan fingerprint density at radius 2 is 1.65 bits per heavy atom. The minimum atomic E-state index is 0.205. The fourth-order valence-electron chi connectivity index (χ4n) is 3.99. The Morgan fingerprint density at radius 3 is 2.38 bits per heavy atom. The van der Waals surface area contributed by atoms with Gasteiger partial charge >= 0.3 is 6.03 Å². The third-order valence-corrected chi connectivity index (χ3v) is 5.44. The van der Waals surface area contributed by atoms with E-state index in [1.165, 1.54) is 6.42 Å². The summed E-state index contributed by atoms with van der Waals surface area (Å²) in [6.07, 6.45) is 5.35. The van der Waals surface area contributed by atoms with Crippen LogP contribution in [0.2, 0.25) is 0 Å². The van der Waals surface area contributed by atoms with Gasteiger partial charge in [-0.3, -0.25) is 0 Å². The van der Waals surface area contributed by atoms with Crippen LogP contribution in [0.5, 0.6) is 5.75 Å². The molecule has 2 aliphatic heterocycles. The number of urea groups is 1. The lowest BCUT2D eigenvalue weighted by molar-refractivity contribution is 0.141. The molecule has 26 heavy (non-hydrogen) atoms. The van der Waals surface area contributed by atoms with Gasteiger partial charge in [-0.05, 0) is 31.4 Å². The summed E-state index contributed by atoms with van der Waals surface area (Å²) in [5.41, 5.74) is 0. The Balaban J connectivity index is 1.48. The van der Waals surface area contributed by atoms with Crippen LogP contribution in [0.15, 0.2) is 30.5 Å². The van der Waals surface area contributed by atoms with Crippen molar-refractivity contribution < 1.29 is 9.53 Å². The summed E-state index contributed by atoms with van der Waals surface area (Å²) in [6, 6.07) is 8.26. The number of hydrogen-bond acceptors (Lipinski definition) is 4. The van der Waals surface area contributed by atoms with Crippen molar-refractivity contribution in [1.82, 2.24) is 14.8 Å². The molecule has 3 heterocycles. The van der Waals surface area contributed by atoms with Crippen molar-refractivity contribution in [3.8, 4) is 5.75 Å². The predicted octanol–water partition coefficient (Wildman–Crippen LogP) is 2.97. The number of piperazine rings is 1. The van der Waals surface area contributed by atoms with Crippen LogP contribution in [0.25, 0.3) is 10.8 Å². The molecule has 0 aliphatic carbocycles. The highest BCUT2D eigenvalue weighted by Gasteiger charge is 2.27. The number of pyridine rings is 1.